The number of rotatable bonds is 4. The van der Waals surface area contributed by atoms with Gasteiger partial charge in [-0.25, -0.2) is 10.3 Å². The standard InChI is InChI=1S/C23H24N4O4/c1-15-11-19-18-5-3-4-6-20(18)27(21(19)13-26(15)23(30)25(2)14-28)12-16-7-9-17(10-8-16)22(29)24-31/h3-10,14-15,31H,11-13H2,1-2H3,(H,24,29). The van der Waals surface area contributed by atoms with Crippen LogP contribution in [0.2, 0.25) is 0 Å². The van der Waals surface area contributed by atoms with Gasteiger partial charge in [-0.05, 0) is 42.7 Å². The van der Waals surface area contributed by atoms with Gasteiger partial charge in [-0.15, -0.1) is 0 Å². The van der Waals surface area contributed by atoms with Gasteiger partial charge in [-0.3, -0.25) is 19.7 Å². The second-order valence-corrected chi connectivity index (χ2v) is 7.85. The minimum atomic E-state index is -0.558. The smallest absolute Gasteiger partial charge is 0.326 e. The number of hydroxylamine groups is 1. The Labute approximate surface area is 179 Å². The lowest BCUT2D eigenvalue weighted by Gasteiger charge is -2.35. The number of nitrogens with one attached hydrogen (secondary N) is 1. The summed E-state index contributed by atoms with van der Waals surface area (Å²) >= 11 is 0. The van der Waals surface area contributed by atoms with Crippen molar-refractivity contribution in [1.29, 1.82) is 0 Å². The number of carbonyl (C=O) groups is 3. The van der Waals surface area contributed by atoms with E-state index in [0.717, 1.165) is 27.1 Å². The molecule has 160 valence electrons. The molecule has 0 fully saturated rings. The molecule has 0 bridgehead atoms. The monoisotopic (exact) mass is 420 g/mol. The minimum Gasteiger partial charge on any atom is -0.338 e. The van der Waals surface area contributed by atoms with Gasteiger partial charge >= 0.3 is 6.03 Å². The fourth-order valence-electron chi connectivity index (χ4n) is 4.25. The number of benzene rings is 2. The highest BCUT2D eigenvalue weighted by atomic mass is 16.5. The molecule has 1 aromatic heterocycles. The van der Waals surface area contributed by atoms with Crippen LogP contribution in [-0.4, -0.2) is 51.0 Å². The SMILES string of the molecule is CC1Cc2c(n(Cc3ccc(C(=O)NO)cc3)c3ccccc23)CN1C(=O)N(C)C=O. The van der Waals surface area contributed by atoms with E-state index in [4.69, 9.17) is 5.21 Å². The third-order valence-electron chi connectivity index (χ3n) is 5.91. The third-order valence-corrected chi connectivity index (χ3v) is 5.91. The predicted octanol–water partition coefficient (Wildman–Crippen LogP) is 2.76. The molecular weight excluding hydrogens is 396 g/mol. The molecule has 31 heavy (non-hydrogen) atoms. The number of para-hydroxylation sites is 1. The molecule has 2 N–H and O–H groups in total. The first-order valence-electron chi connectivity index (χ1n) is 10.1. The number of aromatic nitrogens is 1. The van der Waals surface area contributed by atoms with Crippen molar-refractivity contribution >= 4 is 29.3 Å². The zero-order valence-corrected chi connectivity index (χ0v) is 17.4. The molecule has 4 rings (SSSR count). The Morgan fingerprint density at radius 3 is 2.58 bits per heavy atom. The predicted molar refractivity (Wildman–Crippen MR) is 115 cm³/mol. The van der Waals surface area contributed by atoms with Gasteiger partial charge in [0, 0.05) is 41.8 Å². The van der Waals surface area contributed by atoms with Crippen molar-refractivity contribution in [2.45, 2.75) is 32.5 Å². The first-order chi connectivity index (χ1) is 14.9. The molecule has 1 aliphatic rings. The summed E-state index contributed by atoms with van der Waals surface area (Å²) in [6.45, 7) is 2.97. The van der Waals surface area contributed by atoms with Crippen LogP contribution in [0.3, 0.4) is 0 Å². The zero-order chi connectivity index (χ0) is 22.1. The van der Waals surface area contributed by atoms with Crippen molar-refractivity contribution in [2.24, 2.45) is 0 Å². The second-order valence-electron chi connectivity index (χ2n) is 7.85. The lowest BCUT2D eigenvalue weighted by atomic mass is 9.98. The van der Waals surface area contributed by atoms with Crippen LogP contribution in [0.4, 0.5) is 4.79 Å². The van der Waals surface area contributed by atoms with Gasteiger partial charge in [0.25, 0.3) is 5.91 Å². The van der Waals surface area contributed by atoms with Crippen LogP contribution >= 0.6 is 0 Å². The van der Waals surface area contributed by atoms with Crippen LogP contribution < -0.4 is 5.48 Å². The van der Waals surface area contributed by atoms with Crippen molar-refractivity contribution in [1.82, 2.24) is 19.8 Å². The summed E-state index contributed by atoms with van der Waals surface area (Å²) in [5, 5.41) is 9.97. The molecule has 0 saturated carbocycles. The van der Waals surface area contributed by atoms with Crippen molar-refractivity contribution in [3.05, 3.63) is 70.9 Å². The summed E-state index contributed by atoms with van der Waals surface area (Å²) in [4.78, 5) is 38.2. The summed E-state index contributed by atoms with van der Waals surface area (Å²) < 4.78 is 2.19. The van der Waals surface area contributed by atoms with Gasteiger partial charge in [-0.2, -0.15) is 0 Å². The first-order valence-corrected chi connectivity index (χ1v) is 10.1. The molecule has 8 heteroatoms. The Morgan fingerprint density at radius 1 is 1.19 bits per heavy atom. The van der Waals surface area contributed by atoms with E-state index < -0.39 is 5.91 Å². The number of urea groups is 1. The zero-order valence-electron chi connectivity index (χ0n) is 17.4. The summed E-state index contributed by atoms with van der Waals surface area (Å²) in [5.41, 5.74) is 6.33. The lowest BCUT2D eigenvalue weighted by molar-refractivity contribution is -0.115. The van der Waals surface area contributed by atoms with Crippen molar-refractivity contribution in [2.75, 3.05) is 7.05 Å². The van der Waals surface area contributed by atoms with E-state index in [1.807, 2.05) is 31.2 Å². The van der Waals surface area contributed by atoms with Crippen LogP contribution in [-0.2, 0) is 24.3 Å². The number of fused-ring (bicyclic) bond motifs is 3. The average molecular weight is 420 g/mol. The van der Waals surface area contributed by atoms with Crippen LogP contribution in [0, 0.1) is 0 Å². The molecule has 2 heterocycles. The lowest BCUT2D eigenvalue weighted by Crippen LogP contribution is -2.48. The van der Waals surface area contributed by atoms with E-state index in [0.29, 0.717) is 31.5 Å². The molecule has 0 spiro atoms. The average Bonchev–Trinajstić information content (AvgIpc) is 3.10. The van der Waals surface area contributed by atoms with Crippen molar-refractivity contribution in [3.63, 3.8) is 0 Å². The van der Waals surface area contributed by atoms with Gasteiger partial charge in [0.05, 0.1) is 6.54 Å². The van der Waals surface area contributed by atoms with Crippen LogP contribution in [0.5, 0.6) is 0 Å². The summed E-state index contributed by atoms with van der Waals surface area (Å²) in [5.74, 6) is -0.558. The van der Waals surface area contributed by atoms with E-state index in [2.05, 4.69) is 16.7 Å². The van der Waals surface area contributed by atoms with Crippen LogP contribution in [0.15, 0.2) is 48.5 Å². The molecular formula is C23H24N4O4. The molecule has 2 aromatic carbocycles. The summed E-state index contributed by atoms with van der Waals surface area (Å²) in [6, 6.07) is 14.8. The summed E-state index contributed by atoms with van der Waals surface area (Å²) in [7, 11) is 1.47. The number of nitrogens with zero attached hydrogens (tertiary/aromatic N) is 3. The normalized spacial score (nSPS) is 15.5. The molecule has 0 aliphatic carbocycles. The first kappa shape index (κ1) is 20.6. The van der Waals surface area contributed by atoms with E-state index in [9.17, 15) is 14.4 Å². The highest BCUT2D eigenvalue weighted by Gasteiger charge is 2.32. The van der Waals surface area contributed by atoms with E-state index in [1.54, 1.807) is 22.5 Å². The van der Waals surface area contributed by atoms with Gasteiger partial charge < -0.3 is 9.47 Å². The van der Waals surface area contributed by atoms with Gasteiger partial charge in [0.15, 0.2) is 0 Å². The van der Waals surface area contributed by atoms with Crippen molar-refractivity contribution in [3.8, 4) is 0 Å². The summed E-state index contributed by atoms with van der Waals surface area (Å²) in [6.07, 6.45) is 1.24. The highest BCUT2D eigenvalue weighted by Crippen LogP contribution is 2.34. The highest BCUT2D eigenvalue weighted by molar-refractivity contribution is 5.93. The van der Waals surface area contributed by atoms with Gasteiger partial charge in [-0.1, -0.05) is 30.3 Å². The Balaban J connectivity index is 1.74. The number of carbonyl (C=O) groups excluding carboxylic acids is 3. The quantitative estimate of drug-likeness (QED) is 0.385. The molecule has 8 nitrogen and oxygen atoms in total. The number of hydrogen-bond donors (Lipinski definition) is 2. The number of amides is 4. The van der Waals surface area contributed by atoms with E-state index in [-0.39, 0.29) is 12.1 Å². The minimum absolute atomic E-state index is 0.0297. The Kier molecular flexibility index (Phi) is 5.48. The third kappa shape index (κ3) is 3.66. The van der Waals surface area contributed by atoms with E-state index >= 15 is 0 Å². The van der Waals surface area contributed by atoms with Crippen molar-refractivity contribution < 1.29 is 19.6 Å². The Morgan fingerprint density at radius 2 is 1.90 bits per heavy atom. The molecule has 1 atom stereocenters. The molecule has 1 unspecified atom stereocenters. The van der Waals surface area contributed by atoms with E-state index in [1.165, 1.54) is 12.6 Å². The molecule has 0 radical (unpaired) electrons. The molecule has 1 aliphatic heterocycles. The second kappa shape index (κ2) is 8.23. The van der Waals surface area contributed by atoms with Gasteiger partial charge in [0.2, 0.25) is 6.41 Å². The number of hydrogen-bond acceptors (Lipinski definition) is 4. The Bertz CT molecular complexity index is 1150. The molecule has 0 saturated heterocycles. The fourth-order valence-corrected chi connectivity index (χ4v) is 4.25. The maximum Gasteiger partial charge on any atom is 0.326 e. The van der Waals surface area contributed by atoms with Crippen LogP contribution in [0.1, 0.15) is 34.1 Å². The largest absolute Gasteiger partial charge is 0.338 e. The number of imide groups is 1. The topological polar surface area (TPSA) is 94.9 Å². The molecule has 4 amide bonds. The maximum absolute atomic E-state index is 12.7. The fraction of sp³-hybridized carbons (Fsp3) is 0.261. The maximum atomic E-state index is 12.7. The van der Waals surface area contributed by atoms with Gasteiger partial charge in [0.1, 0.15) is 0 Å². The van der Waals surface area contributed by atoms with Crippen LogP contribution in [0.25, 0.3) is 10.9 Å². The Hall–Kier alpha value is -3.65. The molecule has 3 aromatic rings.